The second kappa shape index (κ2) is 8.06. The van der Waals surface area contributed by atoms with Crippen molar-refractivity contribution in [3.63, 3.8) is 0 Å². The summed E-state index contributed by atoms with van der Waals surface area (Å²) < 4.78 is 4.33. The van der Waals surface area contributed by atoms with Crippen LogP contribution in [0.5, 0.6) is 0 Å². The van der Waals surface area contributed by atoms with Gasteiger partial charge in [0, 0.05) is 13.6 Å². The van der Waals surface area contributed by atoms with Gasteiger partial charge in [0.25, 0.3) is 0 Å². The van der Waals surface area contributed by atoms with E-state index in [9.17, 15) is 14.4 Å². The lowest BCUT2D eigenvalue weighted by Crippen LogP contribution is -2.30. The number of carbonyl (C=O) groups is 3. The molecule has 2 aromatic rings. The molecule has 0 fully saturated rings. The lowest BCUT2D eigenvalue weighted by atomic mass is 9.99. The number of carbonyl (C=O) groups excluding carboxylic acids is 3. The van der Waals surface area contributed by atoms with Crippen molar-refractivity contribution in [2.24, 2.45) is 0 Å². The Morgan fingerprint density at radius 3 is 2.25 bits per heavy atom. The fourth-order valence-corrected chi connectivity index (χ4v) is 2.36. The van der Waals surface area contributed by atoms with E-state index in [0.29, 0.717) is 6.54 Å². The Morgan fingerprint density at radius 1 is 0.958 bits per heavy atom. The molecule has 0 saturated carbocycles. The first-order chi connectivity index (χ1) is 11.5. The van der Waals surface area contributed by atoms with Gasteiger partial charge in [-0.25, -0.2) is 4.79 Å². The number of rotatable bonds is 6. The molecule has 24 heavy (non-hydrogen) atoms. The predicted molar refractivity (Wildman–Crippen MR) is 90.0 cm³/mol. The SMILES string of the molecule is COC(=O)C(=O)CC(=O)N(C)Cc1ccccc1-c1ccccc1. The lowest BCUT2D eigenvalue weighted by molar-refractivity contribution is -0.153. The van der Waals surface area contributed by atoms with Crippen LogP contribution in [0.15, 0.2) is 54.6 Å². The summed E-state index contributed by atoms with van der Waals surface area (Å²) in [6.45, 7) is 0.346. The second-order valence-electron chi connectivity index (χ2n) is 5.36. The third-order valence-corrected chi connectivity index (χ3v) is 3.66. The Balaban J connectivity index is 2.12. The topological polar surface area (TPSA) is 63.7 Å². The van der Waals surface area contributed by atoms with Crippen LogP contribution in [0.1, 0.15) is 12.0 Å². The van der Waals surface area contributed by atoms with Crippen LogP contribution in [0.4, 0.5) is 0 Å². The van der Waals surface area contributed by atoms with E-state index in [1.807, 2.05) is 54.6 Å². The first-order valence-electron chi connectivity index (χ1n) is 7.51. The summed E-state index contributed by atoms with van der Waals surface area (Å²) in [7, 11) is 2.72. The highest BCUT2D eigenvalue weighted by atomic mass is 16.5. The molecule has 0 N–H and O–H groups in total. The molecule has 5 nitrogen and oxygen atoms in total. The highest BCUT2D eigenvalue weighted by Gasteiger charge is 2.21. The fraction of sp³-hybridized carbons (Fsp3) is 0.211. The Hall–Kier alpha value is -2.95. The minimum atomic E-state index is -0.999. The molecule has 0 bridgehead atoms. The van der Waals surface area contributed by atoms with Crippen LogP contribution in [0.25, 0.3) is 11.1 Å². The first kappa shape index (κ1) is 17.4. The standard InChI is InChI=1S/C19H19NO4/c1-20(18(22)12-17(21)19(23)24-2)13-15-10-6-7-11-16(15)14-8-4-3-5-9-14/h3-11H,12-13H2,1-2H3. The van der Waals surface area contributed by atoms with Gasteiger partial charge in [-0.1, -0.05) is 54.6 Å². The minimum Gasteiger partial charge on any atom is -0.463 e. The molecular formula is C19H19NO4. The quantitative estimate of drug-likeness (QED) is 0.465. The zero-order chi connectivity index (χ0) is 17.5. The average Bonchev–Trinajstić information content (AvgIpc) is 2.62. The van der Waals surface area contributed by atoms with Crippen LogP contribution >= 0.6 is 0 Å². The zero-order valence-electron chi connectivity index (χ0n) is 13.7. The van der Waals surface area contributed by atoms with Gasteiger partial charge in [0.1, 0.15) is 0 Å². The summed E-state index contributed by atoms with van der Waals surface area (Å²) in [4.78, 5) is 36.2. The van der Waals surface area contributed by atoms with E-state index < -0.39 is 24.1 Å². The molecule has 0 atom stereocenters. The van der Waals surface area contributed by atoms with Gasteiger partial charge >= 0.3 is 5.97 Å². The molecule has 0 spiro atoms. The van der Waals surface area contributed by atoms with Crippen molar-refractivity contribution in [1.82, 2.24) is 4.90 Å². The predicted octanol–water partition coefficient (Wildman–Crippen LogP) is 2.44. The summed E-state index contributed by atoms with van der Waals surface area (Å²) in [6, 6.07) is 17.6. The number of hydrogen-bond donors (Lipinski definition) is 0. The van der Waals surface area contributed by atoms with Gasteiger partial charge in [0.2, 0.25) is 11.7 Å². The zero-order valence-corrected chi connectivity index (χ0v) is 13.7. The van der Waals surface area contributed by atoms with Crippen LogP contribution in [0.3, 0.4) is 0 Å². The maximum absolute atomic E-state index is 12.1. The van der Waals surface area contributed by atoms with E-state index >= 15 is 0 Å². The maximum Gasteiger partial charge on any atom is 0.374 e. The van der Waals surface area contributed by atoms with Crippen LogP contribution in [0, 0.1) is 0 Å². The summed E-state index contributed by atoms with van der Waals surface area (Å²) in [6.07, 6.45) is -0.489. The Bertz CT molecular complexity index is 740. The van der Waals surface area contributed by atoms with Gasteiger partial charge in [-0.15, -0.1) is 0 Å². The van der Waals surface area contributed by atoms with Gasteiger partial charge in [0.05, 0.1) is 13.5 Å². The van der Waals surface area contributed by atoms with E-state index in [1.165, 1.54) is 4.90 Å². The molecule has 0 heterocycles. The van der Waals surface area contributed by atoms with Crippen molar-refractivity contribution in [3.05, 3.63) is 60.2 Å². The molecule has 2 rings (SSSR count). The number of hydrogen-bond acceptors (Lipinski definition) is 4. The van der Waals surface area contributed by atoms with Gasteiger partial charge in [0.15, 0.2) is 0 Å². The Kier molecular flexibility index (Phi) is 5.84. The first-order valence-corrected chi connectivity index (χ1v) is 7.51. The summed E-state index contributed by atoms with van der Waals surface area (Å²) in [5.41, 5.74) is 3.04. The number of esters is 1. The highest BCUT2D eigenvalue weighted by molar-refractivity contribution is 6.36. The molecule has 0 aliphatic rings. The van der Waals surface area contributed by atoms with E-state index in [1.54, 1.807) is 7.05 Å². The van der Waals surface area contributed by atoms with Gasteiger partial charge < -0.3 is 9.64 Å². The summed E-state index contributed by atoms with van der Waals surface area (Å²) in [5.74, 6) is -2.26. The summed E-state index contributed by atoms with van der Waals surface area (Å²) in [5, 5.41) is 0. The number of benzene rings is 2. The van der Waals surface area contributed by atoms with E-state index in [4.69, 9.17) is 0 Å². The summed E-state index contributed by atoms with van der Waals surface area (Å²) >= 11 is 0. The molecular weight excluding hydrogens is 306 g/mol. The average molecular weight is 325 g/mol. The fourth-order valence-electron chi connectivity index (χ4n) is 2.36. The number of amides is 1. The van der Waals surface area contributed by atoms with Crippen molar-refractivity contribution < 1.29 is 19.1 Å². The monoisotopic (exact) mass is 325 g/mol. The van der Waals surface area contributed by atoms with E-state index in [-0.39, 0.29) is 0 Å². The molecule has 0 saturated heterocycles. The van der Waals surface area contributed by atoms with Crippen LogP contribution in [0.2, 0.25) is 0 Å². The van der Waals surface area contributed by atoms with Crippen molar-refractivity contribution in [1.29, 1.82) is 0 Å². The molecule has 5 heteroatoms. The third kappa shape index (κ3) is 4.29. The molecule has 0 radical (unpaired) electrons. The normalized spacial score (nSPS) is 10.1. The Morgan fingerprint density at radius 2 is 1.58 bits per heavy atom. The molecule has 0 aromatic heterocycles. The van der Waals surface area contributed by atoms with Gasteiger partial charge in [-0.05, 0) is 16.7 Å². The molecule has 0 aliphatic carbocycles. The van der Waals surface area contributed by atoms with E-state index in [2.05, 4.69) is 4.74 Å². The second-order valence-corrected chi connectivity index (χ2v) is 5.36. The smallest absolute Gasteiger partial charge is 0.374 e. The van der Waals surface area contributed by atoms with Crippen molar-refractivity contribution in [2.45, 2.75) is 13.0 Å². The van der Waals surface area contributed by atoms with E-state index in [0.717, 1.165) is 23.8 Å². The minimum absolute atomic E-state index is 0.346. The molecule has 0 aliphatic heterocycles. The maximum atomic E-state index is 12.1. The van der Waals surface area contributed by atoms with Gasteiger partial charge in [-0.2, -0.15) is 0 Å². The third-order valence-electron chi connectivity index (χ3n) is 3.66. The lowest BCUT2D eigenvalue weighted by Gasteiger charge is -2.19. The number of nitrogens with zero attached hydrogens (tertiary/aromatic N) is 1. The highest BCUT2D eigenvalue weighted by Crippen LogP contribution is 2.24. The van der Waals surface area contributed by atoms with Crippen molar-refractivity contribution in [3.8, 4) is 11.1 Å². The van der Waals surface area contributed by atoms with Crippen LogP contribution in [-0.2, 0) is 25.7 Å². The van der Waals surface area contributed by atoms with Crippen molar-refractivity contribution >= 4 is 17.7 Å². The van der Waals surface area contributed by atoms with Crippen LogP contribution < -0.4 is 0 Å². The van der Waals surface area contributed by atoms with Gasteiger partial charge in [-0.3, -0.25) is 9.59 Å². The molecule has 0 unspecified atom stereocenters. The van der Waals surface area contributed by atoms with Crippen molar-refractivity contribution in [2.75, 3.05) is 14.2 Å². The van der Waals surface area contributed by atoms with Crippen LogP contribution in [-0.4, -0.2) is 36.7 Å². The largest absolute Gasteiger partial charge is 0.463 e. The molecule has 1 amide bonds. The number of ketones is 1. The Labute approximate surface area is 140 Å². The molecule has 124 valence electrons. The number of ether oxygens (including phenoxy) is 1. The number of Topliss-reactive ketones (excluding diaryl/α,β-unsaturated/α-hetero) is 1. The molecule has 2 aromatic carbocycles. The number of methoxy groups -OCH3 is 1.